The molecule has 0 unspecified atom stereocenters. The number of benzene rings is 1. The first-order chi connectivity index (χ1) is 10.8. The first-order valence-corrected chi connectivity index (χ1v) is 6.63. The van der Waals surface area contributed by atoms with Crippen LogP contribution < -0.4 is 22.3 Å². The van der Waals surface area contributed by atoms with E-state index in [0.717, 1.165) is 10.6 Å². The van der Waals surface area contributed by atoms with Gasteiger partial charge in [-0.05, 0) is 30.7 Å². The molecule has 3 amide bonds. The van der Waals surface area contributed by atoms with Crippen molar-refractivity contribution in [3.05, 3.63) is 56.9 Å². The Kier molecular flexibility index (Phi) is 3.03. The standard InChI is InChI=1S/C15H12N4O4/c1-6-4-7(13(17)21)2-3-9(6)19-10(20)5-8-11(12(19)16)15(23)18-14(8)22/h2-5H,16H2,1H3,(H2,17,21)(H,18,22,23). The molecule has 8 heteroatoms. The summed E-state index contributed by atoms with van der Waals surface area (Å²) in [6.45, 7) is 1.67. The predicted molar refractivity (Wildman–Crippen MR) is 81.5 cm³/mol. The Bertz CT molecular complexity index is 959. The SMILES string of the molecule is Cc1cc(C(N)=O)ccc1-n1c(N)c2c(cc1=O)C(=O)NC2=O. The van der Waals surface area contributed by atoms with Gasteiger partial charge in [0, 0.05) is 11.6 Å². The molecule has 0 saturated heterocycles. The average molecular weight is 312 g/mol. The number of primary amides is 1. The van der Waals surface area contributed by atoms with E-state index in [-0.39, 0.29) is 22.5 Å². The van der Waals surface area contributed by atoms with Gasteiger partial charge >= 0.3 is 0 Å². The monoisotopic (exact) mass is 312 g/mol. The minimum Gasteiger partial charge on any atom is -0.384 e. The van der Waals surface area contributed by atoms with E-state index < -0.39 is 23.3 Å². The fourth-order valence-electron chi connectivity index (χ4n) is 2.59. The number of fused-ring (bicyclic) bond motifs is 1. The summed E-state index contributed by atoms with van der Waals surface area (Å²) >= 11 is 0. The van der Waals surface area contributed by atoms with Crippen molar-refractivity contribution in [2.45, 2.75) is 6.92 Å². The van der Waals surface area contributed by atoms with Gasteiger partial charge in [-0.25, -0.2) is 0 Å². The number of pyridine rings is 1. The summed E-state index contributed by atoms with van der Waals surface area (Å²) in [7, 11) is 0. The number of amides is 3. The van der Waals surface area contributed by atoms with Gasteiger partial charge in [-0.2, -0.15) is 0 Å². The highest BCUT2D eigenvalue weighted by Gasteiger charge is 2.32. The molecule has 5 N–H and O–H groups in total. The highest BCUT2D eigenvalue weighted by Crippen LogP contribution is 2.24. The molecule has 0 atom stereocenters. The summed E-state index contributed by atoms with van der Waals surface area (Å²) in [5, 5.41) is 2.10. The molecule has 23 heavy (non-hydrogen) atoms. The van der Waals surface area contributed by atoms with Crippen molar-refractivity contribution >= 4 is 23.5 Å². The summed E-state index contributed by atoms with van der Waals surface area (Å²) in [5.41, 5.74) is 11.8. The first kappa shape index (κ1) is 14.5. The molecule has 1 aliphatic rings. The Morgan fingerprint density at radius 1 is 1.13 bits per heavy atom. The van der Waals surface area contributed by atoms with Crippen LogP contribution in [0, 0.1) is 6.92 Å². The van der Waals surface area contributed by atoms with E-state index in [1.807, 2.05) is 0 Å². The molecule has 116 valence electrons. The number of carbonyl (C=O) groups is 3. The highest BCUT2D eigenvalue weighted by molar-refractivity contribution is 6.23. The number of nitrogens with one attached hydrogen (secondary N) is 1. The van der Waals surface area contributed by atoms with Crippen molar-refractivity contribution in [1.82, 2.24) is 9.88 Å². The summed E-state index contributed by atoms with van der Waals surface area (Å²) in [6, 6.07) is 5.54. The van der Waals surface area contributed by atoms with Crippen molar-refractivity contribution < 1.29 is 14.4 Å². The lowest BCUT2D eigenvalue weighted by atomic mass is 10.1. The van der Waals surface area contributed by atoms with Crippen LogP contribution in [0.5, 0.6) is 0 Å². The van der Waals surface area contributed by atoms with Gasteiger partial charge in [-0.1, -0.05) is 0 Å². The number of carbonyl (C=O) groups excluding carboxylic acids is 3. The molecule has 2 aromatic rings. The van der Waals surface area contributed by atoms with Gasteiger partial charge in [0.25, 0.3) is 17.4 Å². The molecule has 2 heterocycles. The minimum absolute atomic E-state index is 0.0343. The van der Waals surface area contributed by atoms with Crippen LogP contribution in [0.25, 0.3) is 5.69 Å². The van der Waals surface area contributed by atoms with Crippen LogP contribution in [0.1, 0.15) is 36.6 Å². The average Bonchev–Trinajstić information content (AvgIpc) is 2.75. The summed E-state index contributed by atoms with van der Waals surface area (Å²) in [5.74, 6) is -2.03. The zero-order chi connectivity index (χ0) is 16.9. The van der Waals surface area contributed by atoms with Gasteiger partial charge in [-0.3, -0.25) is 29.1 Å². The van der Waals surface area contributed by atoms with Crippen LogP contribution >= 0.6 is 0 Å². The van der Waals surface area contributed by atoms with Gasteiger partial charge in [-0.15, -0.1) is 0 Å². The number of hydrogen-bond acceptors (Lipinski definition) is 5. The normalized spacial score (nSPS) is 12.9. The summed E-state index contributed by atoms with van der Waals surface area (Å²) in [6.07, 6.45) is 0. The van der Waals surface area contributed by atoms with Crippen molar-refractivity contribution in [1.29, 1.82) is 0 Å². The molecular formula is C15H12N4O4. The third kappa shape index (κ3) is 2.08. The van der Waals surface area contributed by atoms with Gasteiger partial charge in [0.2, 0.25) is 5.91 Å². The first-order valence-electron chi connectivity index (χ1n) is 6.63. The lowest BCUT2D eigenvalue weighted by Crippen LogP contribution is -2.25. The largest absolute Gasteiger partial charge is 0.384 e. The lowest BCUT2D eigenvalue weighted by molar-refractivity contribution is 0.0878. The Morgan fingerprint density at radius 3 is 2.43 bits per heavy atom. The lowest BCUT2D eigenvalue weighted by Gasteiger charge is -2.14. The number of imide groups is 1. The fourth-order valence-corrected chi connectivity index (χ4v) is 2.59. The second-order valence-corrected chi connectivity index (χ2v) is 5.14. The van der Waals surface area contributed by atoms with E-state index in [0.29, 0.717) is 11.3 Å². The molecule has 0 saturated carbocycles. The minimum atomic E-state index is -0.651. The van der Waals surface area contributed by atoms with Crippen LogP contribution in [0.15, 0.2) is 29.1 Å². The molecule has 0 radical (unpaired) electrons. The number of aromatic nitrogens is 1. The second-order valence-electron chi connectivity index (χ2n) is 5.14. The number of aryl methyl sites for hydroxylation is 1. The van der Waals surface area contributed by atoms with E-state index in [4.69, 9.17) is 11.5 Å². The smallest absolute Gasteiger partial charge is 0.262 e. The van der Waals surface area contributed by atoms with Gasteiger partial charge < -0.3 is 11.5 Å². The molecule has 0 fully saturated rings. The van der Waals surface area contributed by atoms with Crippen LogP contribution in [0.4, 0.5) is 5.82 Å². The highest BCUT2D eigenvalue weighted by atomic mass is 16.2. The van der Waals surface area contributed by atoms with Crippen LogP contribution in [0.3, 0.4) is 0 Å². The third-order valence-electron chi connectivity index (χ3n) is 3.68. The number of nitrogen functional groups attached to an aromatic ring is 1. The Hall–Kier alpha value is -3.42. The number of nitrogens with zero attached hydrogens (tertiary/aromatic N) is 1. The zero-order valence-electron chi connectivity index (χ0n) is 12.0. The Morgan fingerprint density at radius 2 is 1.83 bits per heavy atom. The molecule has 1 aliphatic heterocycles. The van der Waals surface area contributed by atoms with Crippen LogP contribution in [-0.2, 0) is 0 Å². The van der Waals surface area contributed by atoms with Crippen molar-refractivity contribution in [2.24, 2.45) is 5.73 Å². The van der Waals surface area contributed by atoms with E-state index in [9.17, 15) is 19.2 Å². The number of anilines is 1. The topological polar surface area (TPSA) is 137 Å². The van der Waals surface area contributed by atoms with E-state index in [2.05, 4.69) is 5.32 Å². The molecule has 0 aliphatic carbocycles. The number of hydrogen-bond donors (Lipinski definition) is 3. The molecule has 1 aromatic carbocycles. The van der Waals surface area contributed by atoms with E-state index >= 15 is 0 Å². The summed E-state index contributed by atoms with van der Waals surface area (Å²) < 4.78 is 1.12. The van der Waals surface area contributed by atoms with Crippen molar-refractivity contribution in [3.8, 4) is 5.69 Å². The molecule has 8 nitrogen and oxygen atoms in total. The molecule has 0 bridgehead atoms. The zero-order valence-corrected chi connectivity index (χ0v) is 12.0. The van der Waals surface area contributed by atoms with Crippen LogP contribution in [-0.4, -0.2) is 22.3 Å². The van der Waals surface area contributed by atoms with Gasteiger partial charge in [0.15, 0.2) is 0 Å². The summed E-state index contributed by atoms with van der Waals surface area (Å²) in [4.78, 5) is 47.0. The third-order valence-corrected chi connectivity index (χ3v) is 3.68. The van der Waals surface area contributed by atoms with Crippen molar-refractivity contribution in [2.75, 3.05) is 5.73 Å². The van der Waals surface area contributed by atoms with Crippen molar-refractivity contribution in [3.63, 3.8) is 0 Å². The van der Waals surface area contributed by atoms with Crippen LogP contribution in [0.2, 0.25) is 0 Å². The Labute approximate surface area is 129 Å². The van der Waals surface area contributed by atoms with Gasteiger partial charge in [0.1, 0.15) is 5.82 Å². The maximum Gasteiger partial charge on any atom is 0.262 e. The number of nitrogens with two attached hydrogens (primary N) is 2. The maximum absolute atomic E-state index is 12.3. The van der Waals surface area contributed by atoms with E-state index in [1.54, 1.807) is 6.92 Å². The molecular weight excluding hydrogens is 300 g/mol. The van der Waals surface area contributed by atoms with E-state index in [1.165, 1.54) is 18.2 Å². The predicted octanol–water partition coefficient (Wildman–Crippen LogP) is -0.289. The second kappa shape index (κ2) is 4.80. The molecule has 1 aromatic heterocycles. The fraction of sp³-hybridized carbons (Fsp3) is 0.0667. The molecule has 3 rings (SSSR count). The maximum atomic E-state index is 12.3. The number of rotatable bonds is 2. The Balaban J connectivity index is 2.29. The molecule has 0 spiro atoms. The van der Waals surface area contributed by atoms with Gasteiger partial charge in [0.05, 0.1) is 16.8 Å². The quantitative estimate of drug-likeness (QED) is 0.654.